The summed E-state index contributed by atoms with van der Waals surface area (Å²) < 4.78 is 26.8. The van der Waals surface area contributed by atoms with Crippen LogP contribution >= 0.6 is 0 Å². The third-order valence-electron chi connectivity index (χ3n) is 6.47. The molecule has 4 rings (SSSR count). The van der Waals surface area contributed by atoms with E-state index in [0.717, 1.165) is 41.5 Å². The molecule has 0 radical (unpaired) electrons. The van der Waals surface area contributed by atoms with Gasteiger partial charge in [0.1, 0.15) is 11.9 Å². The molecule has 1 aliphatic heterocycles. The lowest BCUT2D eigenvalue weighted by Gasteiger charge is -2.40. The zero-order chi connectivity index (χ0) is 22.9. The van der Waals surface area contributed by atoms with Gasteiger partial charge in [0.2, 0.25) is 21.8 Å². The van der Waals surface area contributed by atoms with Crippen LogP contribution in [0.1, 0.15) is 31.4 Å². The summed E-state index contributed by atoms with van der Waals surface area (Å²) in [6.45, 7) is 0. The van der Waals surface area contributed by atoms with E-state index in [1.54, 1.807) is 18.2 Å². The van der Waals surface area contributed by atoms with Gasteiger partial charge in [-0.2, -0.15) is 4.31 Å². The molecule has 1 aliphatic carbocycles. The van der Waals surface area contributed by atoms with Gasteiger partial charge in [-0.15, -0.1) is 0 Å². The Bertz CT molecular complexity index is 1100. The summed E-state index contributed by atoms with van der Waals surface area (Å²) in [6, 6.07) is 12.7. The molecule has 0 spiro atoms. The third kappa shape index (κ3) is 4.27. The highest BCUT2D eigenvalue weighted by Crippen LogP contribution is 2.38. The Morgan fingerprint density at radius 1 is 1.09 bits per heavy atom. The van der Waals surface area contributed by atoms with Crippen LogP contribution in [0.25, 0.3) is 0 Å². The van der Waals surface area contributed by atoms with E-state index in [2.05, 4.69) is 10.3 Å². The number of imide groups is 1. The van der Waals surface area contributed by atoms with Crippen LogP contribution in [0.3, 0.4) is 0 Å². The number of aromatic nitrogens is 1. The number of rotatable bonds is 8. The van der Waals surface area contributed by atoms with Crippen molar-refractivity contribution in [3.8, 4) is 0 Å². The molecule has 170 valence electrons. The lowest BCUT2D eigenvalue weighted by Crippen LogP contribution is -2.50. The third-order valence-corrected chi connectivity index (χ3v) is 8.35. The number of amides is 2. The maximum atomic E-state index is 13.0. The molecule has 32 heavy (non-hydrogen) atoms. The lowest BCUT2D eigenvalue weighted by atomic mass is 9.76. The van der Waals surface area contributed by atoms with Crippen LogP contribution in [0.2, 0.25) is 0 Å². The fourth-order valence-corrected chi connectivity index (χ4v) is 5.82. The van der Waals surface area contributed by atoms with Crippen molar-refractivity contribution in [1.29, 1.82) is 0 Å². The van der Waals surface area contributed by atoms with Gasteiger partial charge in [0, 0.05) is 25.8 Å². The molecule has 0 unspecified atom stereocenters. The Kier molecular flexibility index (Phi) is 6.30. The molecule has 2 aliphatic rings. The quantitative estimate of drug-likeness (QED) is 0.612. The molecular formula is C23H28N4O4S. The molecule has 2 aromatic rings. The second-order valence-corrected chi connectivity index (χ2v) is 10.4. The minimum absolute atomic E-state index is 0.108. The van der Waals surface area contributed by atoms with Gasteiger partial charge < -0.3 is 5.32 Å². The summed E-state index contributed by atoms with van der Waals surface area (Å²) in [4.78, 5) is 31.6. The monoisotopic (exact) mass is 456 g/mol. The number of benzene rings is 1. The molecule has 2 fully saturated rings. The second-order valence-electron chi connectivity index (χ2n) is 8.45. The topological polar surface area (TPSA) is 99.7 Å². The predicted octanol–water partition coefficient (Wildman–Crippen LogP) is 2.28. The molecule has 0 bridgehead atoms. The molecule has 1 atom stereocenters. The van der Waals surface area contributed by atoms with E-state index in [0.29, 0.717) is 5.92 Å². The van der Waals surface area contributed by atoms with Crippen molar-refractivity contribution in [3.05, 3.63) is 54.2 Å². The van der Waals surface area contributed by atoms with Crippen LogP contribution in [0.5, 0.6) is 0 Å². The van der Waals surface area contributed by atoms with Gasteiger partial charge in [-0.1, -0.05) is 24.3 Å². The summed E-state index contributed by atoms with van der Waals surface area (Å²) >= 11 is 0. The Balaban J connectivity index is 1.35. The molecule has 1 N–H and O–H groups in total. The SMILES string of the molecule is CNc1cccc(CCC2CC(N3C(=O)C[C@H](N(C)S(=O)(=O)c4ccccc4)C3=O)C2)n1. The van der Waals surface area contributed by atoms with Crippen LogP contribution in [-0.2, 0) is 26.0 Å². The van der Waals surface area contributed by atoms with E-state index in [-0.39, 0.29) is 23.3 Å². The first-order chi connectivity index (χ1) is 15.3. The smallest absolute Gasteiger partial charge is 0.248 e. The highest BCUT2D eigenvalue weighted by atomic mass is 32.2. The first-order valence-corrected chi connectivity index (χ1v) is 12.3. The molecule has 1 saturated carbocycles. The highest BCUT2D eigenvalue weighted by molar-refractivity contribution is 7.89. The van der Waals surface area contributed by atoms with Crippen LogP contribution < -0.4 is 5.32 Å². The standard InChI is InChI=1S/C23H28N4O4S/c1-24-21-10-6-7-17(25-21)12-11-16-13-18(14-16)27-22(28)15-20(23(27)29)26(2)32(30,31)19-8-4-3-5-9-19/h3-10,16,18,20H,11-15H2,1-2H3,(H,24,25)/t16?,18?,20-/m0/s1. The van der Waals surface area contributed by atoms with E-state index >= 15 is 0 Å². The Hall–Kier alpha value is -2.78. The van der Waals surface area contributed by atoms with Crippen molar-refractivity contribution in [2.45, 2.75) is 49.1 Å². The molecule has 2 heterocycles. The Morgan fingerprint density at radius 3 is 2.50 bits per heavy atom. The number of likely N-dealkylation sites (N-methyl/N-ethyl adjacent to an activating group) is 1. The fourth-order valence-electron chi connectivity index (χ4n) is 4.49. The first-order valence-electron chi connectivity index (χ1n) is 10.8. The summed E-state index contributed by atoms with van der Waals surface area (Å²) in [6.07, 6.45) is 3.19. The number of anilines is 1. The highest BCUT2D eigenvalue weighted by Gasteiger charge is 2.49. The van der Waals surface area contributed by atoms with Gasteiger partial charge >= 0.3 is 0 Å². The van der Waals surface area contributed by atoms with E-state index in [1.165, 1.54) is 24.1 Å². The number of hydrogen-bond donors (Lipinski definition) is 1. The summed E-state index contributed by atoms with van der Waals surface area (Å²) in [7, 11) is -0.642. The normalized spacial score (nSPS) is 23.5. The van der Waals surface area contributed by atoms with Crippen molar-refractivity contribution < 1.29 is 18.0 Å². The van der Waals surface area contributed by atoms with Crippen molar-refractivity contribution in [2.24, 2.45) is 5.92 Å². The van der Waals surface area contributed by atoms with Gasteiger partial charge in [-0.05, 0) is 55.9 Å². The van der Waals surface area contributed by atoms with E-state index < -0.39 is 22.0 Å². The van der Waals surface area contributed by atoms with Crippen LogP contribution in [0.4, 0.5) is 5.82 Å². The largest absolute Gasteiger partial charge is 0.373 e. The Labute approximate surface area is 188 Å². The van der Waals surface area contributed by atoms with Gasteiger partial charge in [0.15, 0.2) is 0 Å². The maximum absolute atomic E-state index is 13.0. The van der Waals surface area contributed by atoms with Gasteiger partial charge in [-0.25, -0.2) is 13.4 Å². The van der Waals surface area contributed by atoms with Crippen molar-refractivity contribution in [1.82, 2.24) is 14.2 Å². The average Bonchev–Trinajstić information content (AvgIpc) is 3.06. The Morgan fingerprint density at radius 2 is 1.81 bits per heavy atom. The first kappa shape index (κ1) is 22.4. The minimum atomic E-state index is -3.85. The van der Waals surface area contributed by atoms with Gasteiger partial charge in [0.05, 0.1) is 11.3 Å². The molecule has 2 amide bonds. The molecule has 1 aromatic carbocycles. The molecule has 1 saturated heterocycles. The van der Waals surface area contributed by atoms with Crippen molar-refractivity contribution >= 4 is 27.7 Å². The number of sulfonamides is 1. The number of pyridine rings is 1. The summed E-state index contributed by atoms with van der Waals surface area (Å²) in [5, 5.41) is 3.03. The average molecular weight is 457 g/mol. The van der Waals surface area contributed by atoms with Gasteiger partial charge in [0.25, 0.3) is 0 Å². The molecule has 1 aromatic heterocycles. The van der Waals surface area contributed by atoms with Crippen LogP contribution in [0.15, 0.2) is 53.4 Å². The number of aryl methyl sites for hydroxylation is 1. The number of nitrogens with one attached hydrogen (secondary N) is 1. The second kappa shape index (κ2) is 8.99. The van der Waals surface area contributed by atoms with Crippen molar-refractivity contribution in [3.63, 3.8) is 0 Å². The van der Waals surface area contributed by atoms with E-state index in [9.17, 15) is 18.0 Å². The summed E-state index contributed by atoms with van der Waals surface area (Å²) in [5.74, 6) is 0.555. The number of nitrogens with zero attached hydrogens (tertiary/aromatic N) is 3. The van der Waals surface area contributed by atoms with E-state index in [4.69, 9.17) is 0 Å². The molecular weight excluding hydrogens is 428 g/mol. The van der Waals surface area contributed by atoms with Crippen molar-refractivity contribution in [2.75, 3.05) is 19.4 Å². The number of carbonyl (C=O) groups excluding carboxylic acids is 2. The number of hydrogen-bond acceptors (Lipinski definition) is 6. The molecule has 8 nitrogen and oxygen atoms in total. The number of likely N-dealkylation sites (tertiary alicyclic amines) is 1. The minimum Gasteiger partial charge on any atom is -0.373 e. The maximum Gasteiger partial charge on any atom is 0.248 e. The van der Waals surface area contributed by atoms with Gasteiger partial charge in [-0.3, -0.25) is 14.5 Å². The number of carbonyl (C=O) groups is 2. The van der Waals surface area contributed by atoms with Crippen LogP contribution in [-0.4, -0.2) is 60.6 Å². The predicted molar refractivity (Wildman–Crippen MR) is 120 cm³/mol. The fraction of sp³-hybridized carbons (Fsp3) is 0.435. The zero-order valence-electron chi connectivity index (χ0n) is 18.3. The zero-order valence-corrected chi connectivity index (χ0v) is 19.1. The van der Waals surface area contributed by atoms with Crippen LogP contribution in [0, 0.1) is 5.92 Å². The summed E-state index contributed by atoms with van der Waals surface area (Å²) in [5.41, 5.74) is 1.02. The lowest BCUT2D eigenvalue weighted by molar-refractivity contribution is -0.145. The van der Waals surface area contributed by atoms with E-state index in [1.807, 2.05) is 25.2 Å². The molecule has 9 heteroatoms.